The number of fused-ring (bicyclic) bond motifs is 1. The SMILES string of the molecule is CN(C)C(=O)CNC(=O)c1cc2c(Oc3ccc(N4C(=O)CN(c5cccc(C(F)(F)F)c5)C4=O)cc3)ccnc2[nH]1. The normalized spacial score (nSPS) is 13.5. The molecule has 1 saturated heterocycles. The van der Waals surface area contributed by atoms with Gasteiger partial charge in [0.05, 0.1) is 23.2 Å². The molecule has 0 unspecified atom stereocenters. The topological polar surface area (TPSA) is 128 Å². The molecule has 1 fully saturated rings. The minimum Gasteiger partial charge on any atom is -0.457 e. The standard InChI is InChI=1S/C28H23F3N6O5/c1-35(2)23(38)14-33-26(40)21-13-20-22(10-11-32-25(20)34-21)42-19-8-6-17(7-9-19)37-24(39)15-36(27(37)41)18-5-3-4-16(12-18)28(29,30)31/h3-13H,14-15H2,1-2H3,(H,32,34)(H,33,40). The molecule has 0 spiro atoms. The van der Waals surface area contributed by atoms with E-state index in [0.717, 1.165) is 21.9 Å². The first-order valence-electron chi connectivity index (χ1n) is 12.5. The Labute approximate surface area is 236 Å². The molecule has 0 saturated carbocycles. The van der Waals surface area contributed by atoms with Crippen LogP contribution in [0.2, 0.25) is 0 Å². The van der Waals surface area contributed by atoms with E-state index >= 15 is 0 Å². The van der Waals surface area contributed by atoms with Crippen LogP contribution in [0.4, 0.5) is 29.3 Å². The van der Waals surface area contributed by atoms with Gasteiger partial charge in [0.1, 0.15) is 29.4 Å². The quantitative estimate of drug-likeness (QED) is 0.316. The van der Waals surface area contributed by atoms with Gasteiger partial charge in [0, 0.05) is 26.0 Å². The fourth-order valence-electron chi connectivity index (χ4n) is 4.22. The number of H-pyrrole nitrogens is 1. The molecule has 42 heavy (non-hydrogen) atoms. The van der Waals surface area contributed by atoms with E-state index in [2.05, 4.69) is 15.3 Å². The van der Waals surface area contributed by atoms with Crippen molar-refractivity contribution in [1.82, 2.24) is 20.2 Å². The molecule has 0 radical (unpaired) electrons. The highest BCUT2D eigenvalue weighted by Gasteiger charge is 2.39. The lowest BCUT2D eigenvalue weighted by atomic mass is 10.2. The number of urea groups is 1. The molecule has 0 atom stereocenters. The van der Waals surface area contributed by atoms with E-state index in [1.54, 1.807) is 20.2 Å². The molecule has 1 aliphatic rings. The number of halogens is 3. The summed E-state index contributed by atoms with van der Waals surface area (Å²) in [4.78, 5) is 60.3. The number of carbonyl (C=O) groups excluding carboxylic acids is 4. The fraction of sp³-hybridized carbons (Fsp3) is 0.179. The number of carbonyl (C=O) groups is 4. The van der Waals surface area contributed by atoms with Gasteiger partial charge >= 0.3 is 12.2 Å². The van der Waals surface area contributed by atoms with Crippen LogP contribution in [0.5, 0.6) is 11.5 Å². The Morgan fingerprint density at radius 2 is 1.79 bits per heavy atom. The van der Waals surface area contributed by atoms with Crippen molar-refractivity contribution in [3.63, 3.8) is 0 Å². The molecule has 11 nitrogen and oxygen atoms in total. The molecule has 216 valence electrons. The molecule has 0 aliphatic carbocycles. The zero-order chi connectivity index (χ0) is 30.2. The number of aromatic nitrogens is 2. The lowest BCUT2D eigenvalue weighted by Gasteiger charge is -2.18. The zero-order valence-electron chi connectivity index (χ0n) is 22.2. The highest BCUT2D eigenvalue weighted by atomic mass is 19.4. The van der Waals surface area contributed by atoms with Crippen molar-refractivity contribution in [2.75, 3.05) is 37.0 Å². The average molecular weight is 581 g/mol. The number of aromatic amines is 1. The van der Waals surface area contributed by atoms with Crippen LogP contribution in [-0.2, 0) is 15.8 Å². The number of anilines is 2. The Bertz CT molecular complexity index is 1700. The number of nitrogens with one attached hydrogen (secondary N) is 2. The predicted octanol–water partition coefficient (Wildman–Crippen LogP) is 4.17. The van der Waals surface area contributed by atoms with Crippen LogP contribution in [0.15, 0.2) is 66.9 Å². The van der Waals surface area contributed by atoms with E-state index in [1.165, 1.54) is 53.6 Å². The van der Waals surface area contributed by atoms with Gasteiger partial charge in [-0.1, -0.05) is 6.07 Å². The van der Waals surface area contributed by atoms with Crippen molar-refractivity contribution >= 4 is 46.2 Å². The number of hydrogen-bond donors (Lipinski definition) is 2. The molecule has 1 aliphatic heterocycles. The van der Waals surface area contributed by atoms with Gasteiger partial charge < -0.3 is 19.9 Å². The highest BCUT2D eigenvalue weighted by molar-refractivity contribution is 6.27. The zero-order valence-corrected chi connectivity index (χ0v) is 22.2. The molecule has 3 heterocycles. The molecular formula is C28H23F3N6O5. The first-order valence-corrected chi connectivity index (χ1v) is 12.5. The average Bonchev–Trinajstić information content (AvgIpc) is 3.53. The van der Waals surface area contributed by atoms with Crippen LogP contribution >= 0.6 is 0 Å². The summed E-state index contributed by atoms with van der Waals surface area (Å²) in [6.07, 6.45) is -3.12. The molecule has 2 N–H and O–H groups in total. The van der Waals surface area contributed by atoms with E-state index in [1.807, 2.05) is 0 Å². The summed E-state index contributed by atoms with van der Waals surface area (Å²) in [5.41, 5.74) is -0.223. The number of hydrogen-bond acceptors (Lipinski definition) is 6. The summed E-state index contributed by atoms with van der Waals surface area (Å²) in [5.74, 6) is -0.684. The van der Waals surface area contributed by atoms with Gasteiger partial charge in [-0.05, 0) is 54.6 Å². The Morgan fingerprint density at radius 1 is 1.05 bits per heavy atom. The molecule has 14 heteroatoms. The molecule has 2 aromatic heterocycles. The minimum atomic E-state index is -4.60. The molecule has 2 aromatic carbocycles. The monoisotopic (exact) mass is 580 g/mol. The summed E-state index contributed by atoms with van der Waals surface area (Å²) in [5, 5.41) is 3.02. The Hall–Kier alpha value is -5.40. The van der Waals surface area contributed by atoms with Crippen LogP contribution in [-0.4, -0.2) is 65.8 Å². The Balaban J connectivity index is 1.31. The van der Waals surface area contributed by atoms with Gasteiger partial charge in [0.25, 0.3) is 11.8 Å². The summed E-state index contributed by atoms with van der Waals surface area (Å²) < 4.78 is 45.4. The van der Waals surface area contributed by atoms with Crippen molar-refractivity contribution in [3.05, 3.63) is 78.1 Å². The smallest absolute Gasteiger partial charge is 0.416 e. The number of rotatable bonds is 7. The third-order valence-electron chi connectivity index (χ3n) is 6.41. The van der Waals surface area contributed by atoms with E-state index < -0.39 is 36.1 Å². The first-order chi connectivity index (χ1) is 19.9. The summed E-state index contributed by atoms with van der Waals surface area (Å²) >= 11 is 0. The van der Waals surface area contributed by atoms with Crippen molar-refractivity contribution in [2.45, 2.75) is 6.18 Å². The van der Waals surface area contributed by atoms with E-state index in [9.17, 15) is 32.3 Å². The van der Waals surface area contributed by atoms with Crippen LogP contribution in [0.1, 0.15) is 16.1 Å². The second kappa shape index (κ2) is 10.9. The molecule has 5 amide bonds. The van der Waals surface area contributed by atoms with Gasteiger partial charge in [-0.15, -0.1) is 0 Å². The maximum atomic E-state index is 13.1. The van der Waals surface area contributed by atoms with Crippen molar-refractivity contribution in [3.8, 4) is 11.5 Å². The summed E-state index contributed by atoms with van der Waals surface area (Å²) in [6, 6.07) is 12.5. The third-order valence-corrected chi connectivity index (χ3v) is 6.41. The number of alkyl halides is 3. The largest absolute Gasteiger partial charge is 0.457 e. The van der Waals surface area contributed by atoms with Crippen LogP contribution < -0.4 is 19.9 Å². The van der Waals surface area contributed by atoms with Crippen LogP contribution in [0, 0.1) is 0 Å². The first kappa shape index (κ1) is 28.1. The van der Waals surface area contributed by atoms with Crippen LogP contribution in [0.3, 0.4) is 0 Å². The minimum absolute atomic E-state index is 0.0452. The van der Waals surface area contributed by atoms with Gasteiger partial charge in [0.2, 0.25) is 5.91 Å². The fourth-order valence-corrected chi connectivity index (χ4v) is 4.22. The highest BCUT2D eigenvalue weighted by Crippen LogP contribution is 2.34. The number of ether oxygens (including phenoxy) is 1. The number of pyridine rings is 1. The van der Waals surface area contributed by atoms with E-state index in [0.29, 0.717) is 22.5 Å². The summed E-state index contributed by atoms with van der Waals surface area (Å²) in [6.45, 7) is -0.593. The second-order valence-corrected chi connectivity index (χ2v) is 9.47. The number of benzene rings is 2. The Morgan fingerprint density at radius 3 is 2.48 bits per heavy atom. The lowest BCUT2D eigenvalue weighted by molar-refractivity contribution is -0.137. The number of amides is 5. The Kier molecular flexibility index (Phi) is 7.29. The second-order valence-electron chi connectivity index (χ2n) is 9.47. The van der Waals surface area contributed by atoms with Gasteiger partial charge in [-0.2, -0.15) is 13.2 Å². The third kappa shape index (κ3) is 5.59. The maximum Gasteiger partial charge on any atom is 0.416 e. The lowest BCUT2D eigenvalue weighted by Crippen LogP contribution is -2.36. The number of imide groups is 1. The van der Waals surface area contributed by atoms with Crippen molar-refractivity contribution < 1.29 is 37.1 Å². The van der Waals surface area contributed by atoms with Gasteiger partial charge in [-0.3, -0.25) is 19.3 Å². The van der Waals surface area contributed by atoms with Crippen molar-refractivity contribution in [1.29, 1.82) is 0 Å². The maximum absolute atomic E-state index is 13.1. The van der Waals surface area contributed by atoms with Gasteiger partial charge in [-0.25, -0.2) is 14.7 Å². The van der Waals surface area contributed by atoms with E-state index in [-0.39, 0.29) is 29.5 Å². The van der Waals surface area contributed by atoms with Gasteiger partial charge in [0.15, 0.2) is 0 Å². The number of nitrogens with zero attached hydrogens (tertiary/aromatic N) is 4. The predicted molar refractivity (Wildman–Crippen MR) is 145 cm³/mol. The van der Waals surface area contributed by atoms with Crippen LogP contribution in [0.25, 0.3) is 11.0 Å². The van der Waals surface area contributed by atoms with E-state index in [4.69, 9.17) is 4.74 Å². The molecular weight excluding hydrogens is 557 g/mol. The molecule has 0 bridgehead atoms. The molecule has 4 aromatic rings. The molecule has 5 rings (SSSR count). The number of likely N-dealkylation sites (N-methyl/N-ethyl adjacent to an activating group) is 1. The summed E-state index contributed by atoms with van der Waals surface area (Å²) in [7, 11) is 3.15. The van der Waals surface area contributed by atoms with Crippen molar-refractivity contribution in [2.24, 2.45) is 0 Å².